The van der Waals surface area contributed by atoms with Crippen LogP contribution in [-0.4, -0.2) is 31.6 Å². The summed E-state index contributed by atoms with van der Waals surface area (Å²) in [5.41, 5.74) is 1.87. The van der Waals surface area contributed by atoms with Gasteiger partial charge in [0.15, 0.2) is 0 Å². The number of benzene rings is 1. The molecule has 2 aromatic rings. The summed E-state index contributed by atoms with van der Waals surface area (Å²) in [6.07, 6.45) is 2.51. The molecule has 1 aromatic heterocycles. The van der Waals surface area contributed by atoms with Crippen LogP contribution in [-0.2, 0) is 6.54 Å². The molecule has 1 fully saturated rings. The fraction of sp³-hybridized carbons (Fsp3) is 0.500. The molecule has 1 saturated heterocycles. The maximum atomic E-state index is 11.4. The highest BCUT2D eigenvalue weighted by Gasteiger charge is 2.22. The summed E-state index contributed by atoms with van der Waals surface area (Å²) < 4.78 is 2.23. The first-order chi connectivity index (χ1) is 10.1. The Labute approximate surface area is 128 Å². The minimum absolute atomic E-state index is 0.283. The summed E-state index contributed by atoms with van der Waals surface area (Å²) in [4.78, 5) is 16.0. The van der Waals surface area contributed by atoms with Crippen molar-refractivity contribution in [2.75, 3.05) is 5.75 Å². The van der Waals surface area contributed by atoms with Crippen molar-refractivity contribution < 1.29 is 9.90 Å². The molecule has 1 aliphatic rings. The molecule has 112 valence electrons. The van der Waals surface area contributed by atoms with Crippen molar-refractivity contribution in [1.29, 1.82) is 0 Å². The summed E-state index contributed by atoms with van der Waals surface area (Å²) in [7, 11) is 0. The van der Waals surface area contributed by atoms with Crippen LogP contribution in [0.25, 0.3) is 11.0 Å². The molecule has 0 radical (unpaired) electrons. The van der Waals surface area contributed by atoms with E-state index in [1.54, 1.807) is 6.07 Å². The summed E-state index contributed by atoms with van der Waals surface area (Å²) in [6, 6.07) is 5.44. The van der Waals surface area contributed by atoms with Gasteiger partial charge >= 0.3 is 5.97 Å². The molecule has 0 amide bonds. The zero-order valence-electron chi connectivity index (χ0n) is 12.4. The van der Waals surface area contributed by atoms with Gasteiger partial charge in [-0.1, -0.05) is 19.9 Å². The lowest BCUT2D eigenvalue weighted by Gasteiger charge is -2.15. The van der Waals surface area contributed by atoms with Gasteiger partial charge in [0.05, 0.1) is 11.1 Å². The van der Waals surface area contributed by atoms with Crippen LogP contribution in [0.5, 0.6) is 0 Å². The third-order valence-corrected chi connectivity index (χ3v) is 5.35. The molecule has 21 heavy (non-hydrogen) atoms. The number of imidazole rings is 1. The first-order valence-corrected chi connectivity index (χ1v) is 8.47. The number of carboxylic acids is 1. The average Bonchev–Trinajstić information content (AvgIpc) is 3.07. The predicted octanol–water partition coefficient (Wildman–Crippen LogP) is 3.75. The number of hydrogen-bond donors (Lipinski definition) is 1. The summed E-state index contributed by atoms with van der Waals surface area (Å²) in [6.45, 7) is 5.15. The highest BCUT2D eigenvalue weighted by molar-refractivity contribution is 8.00. The summed E-state index contributed by atoms with van der Waals surface area (Å²) in [5.74, 6) is 1.60. The van der Waals surface area contributed by atoms with E-state index in [1.807, 2.05) is 23.9 Å². The second-order valence-corrected chi connectivity index (χ2v) is 7.26. The Balaban J connectivity index is 2.13. The molecular formula is C16H20N2O2S. The van der Waals surface area contributed by atoms with E-state index in [9.17, 15) is 9.90 Å². The first-order valence-electron chi connectivity index (χ1n) is 7.42. The zero-order chi connectivity index (χ0) is 15.0. The smallest absolute Gasteiger partial charge is 0.337 e. The minimum atomic E-state index is -0.907. The second-order valence-electron chi connectivity index (χ2n) is 5.85. The van der Waals surface area contributed by atoms with Gasteiger partial charge in [0.25, 0.3) is 0 Å². The fourth-order valence-electron chi connectivity index (χ4n) is 2.96. The van der Waals surface area contributed by atoms with Crippen LogP contribution < -0.4 is 0 Å². The molecule has 0 aliphatic carbocycles. The van der Waals surface area contributed by atoms with Gasteiger partial charge in [-0.3, -0.25) is 0 Å². The number of aromatic carboxylic acids is 1. The normalized spacial score (nSPS) is 18.7. The molecular weight excluding hydrogens is 284 g/mol. The molecule has 1 unspecified atom stereocenters. The predicted molar refractivity (Wildman–Crippen MR) is 86.3 cm³/mol. The highest BCUT2D eigenvalue weighted by Crippen LogP contribution is 2.31. The van der Waals surface area contributed by atoms with E-state index < -0.39 is 5.97 Å². The third kappa shape index (κ3) is 2.67. The van der Waals surface area contributed by atoms with E-state index in [0.29, 0.717) is 16.3 Å². The standard InChI is InChI=1S/C16H20N2O2S/c1-10(2)15-17-14-12(16(19)20)6-3-7-13(14)18(15)9-11-5-4-8-21-11/h3,6-7,10-11H,4-5,8-9H2,1-2H3,(H,19,20). The quantitative estimate of drug-likeness (QED) is 0.934. The minimum Gasteiger partial charge on any atom is -0.478 e. The Morgan fingerprint density at radius 2 is 2.33 bits per heavy atom. The number of carboxylic acid groups (broad SMARTS) is 1. The Morgan fingerprint density at radius 1 is 1.52 bits per heavy atom. The molecule has 0 saturated carbocycles. The van der Waals surface area contributed by atoms with Gasteiger partial charge in [-0.05, 0) is 30.7 Å². The van der Waals surface area contributed by atoms with E-state index in [0.717, 1.165) is 17.9 Å². The van der Waals surface area contributed by atoms with Crippen LogP contribution in [0.3, 0.4) is 0 Å². The van der Waals surface area contributed by atoms with Crippen molar-refractivity contribution in [3.63, 3.8) is 0 Å². The van der Waals surface area contributed by atoms with Crippen molar-refractivity contribution in [3.8, 4) is 0 Å². The number of hydrogen-bond acceptors (Lipinski definition) is 3. The molecule has 0 bridgehead atoms. The van der Waals surface area contributed by atoms with Crippen molar-refractivity contribution in [3.05, 3.63) is 29.6 Å². The average molecular weight is 304 g/mol. The lowest BCUT2D eigenvalue weighted by atomic mass is 10.2. The fourth-order valence-corrected chi connectivity index (χ4v) is 4.22. The lowest BCUT2D eigenvalue weighted by molar-refractivity contribution is 0.0699. The highest BCUT2D eigenvalue weighted by atomic mass is 32.2. The number of carbonyl (C=O) groups is 1. The number of fused-ring (bicyclic) bond motifs is 1. The van der Waals surface area contributed by atoms with E-state index >= 15 is 0 Å². The SMILES string of the molecule is CC(C)c1nc2c(C(=O)O)cccc2n1CC1CCCS1. The Kier molecular flexibility index (Phi) is 3.93. The van der Waals surface area contributed by atoms with Crippen molar-refractivity contribution >= 4 is 28.8 Å². The van der Waals surface area contributed by atoms with E-state index in [2.05, 4.69) is 23.4 Å². The molecule has 1 N–H and O–H groups in total. The van der Waals surface area contributed by atoms with Crippen LogP contribution in [0.4, 0.5) is 0 Å². The Morgan fingerprint density at radius 3 is 2.95 bits per heavy atom. The molecule has 5 heteroatoms. The Hall–Kier alpha value is -1.49. The summed E-state index contributed by atoms with van der Waals surface area (Å²) in [5, 5.41) is 9.97. The van der Waals surface area contributed by atoms with Crippen molar-refractivity contribution in [2.24, 2.45) is 0 Å². The molecule has 1 atom stereocenters. The lowest BCUT2D eigenvalue weighted by Crippen LogP contribution is -2.13. The largest absolute Gasteiger partial charge is 0.478 e. The van der Waals surface area contributed by atoms with Gasteiger partial charge < -0.3 is 9.67 Å². The number of aromatic nitrogens is 2. The maximum absolute atomic E-state index is 11.4. The molecule has 2 heterocycles. The number of para-hydroxylation sites is 1. The van der Waals surface area contributed by atoms with Crippen LogP contribution in [0.15, 0.2) is 18.2 Å². The van der Waals surface area contributed by atoms with E-state index in [-0.39, 0.29) is 5.92 Å². The monoisotopic (exact) mass is 304 g/mol. The molecule has 1 aromatic carbocycles. The van der Waals surface area contributed by atoms with E-state index in [4.69, 9.17) is 0 Å². The first kappa shape index (κ1) is 14.4. The van der Waals surface area contributed by atoms with Crippen LogP contribution in [0.2, 0.25) is 0 Å². The zero-order valence-corrected chi connectivity index (χ0v) is 13.2. The number of thioether (sulfide) groups is 1. The van der Waals surface area contributed by atoms with Gasteiger partial charge in [-0.2, -0.15) is 11.8 Å². The van der Waals surface area contributed by atoms with Crippen LogP contribution in [0, 0.1) is 0 Å². The molecule has 1 aliphatic heterocycles. The van der Waals surface area contributed by atoms with Gasteiger partial charge in [-0.15, -0.1) is 0 Å². The van der Waals surface area contributed by atoms with Crippen molar-refractivity contribution in [1.82, 2.24) is 9.55 Å². The molecule has 3 rings (SSSR count). The summed E-state index contributed by atoms with van der Waals surface area (Å²) >= 11 is 2.02. The van der Waals surface area contributed by atoms with E-state index in [1.165, 1.54) is 18.6 Å². The van der Waals surface area contributed by atoms with Gasteiger partial charge in [-0.25, -0.2) is 9.78 Å². The number of nitrogens with zero attached hydrogens (tertiary/aromatic N) is 2. The Bertz CT molecular complexity index is 672. The van der Waals surface area contributed by atoms with Gasteiger partial charge in [0.1, 0.15) is 11.3 Å². The second kappa shape index (κ2) is 5.72. The topological polar surface area (TPSA) is 55.1 Å². The molecule has 0 spiro atoms. The maximum Gasteiger partial charge on any atom is 0.337 e. The number of rotatable bonds is 4. The third-order valence-electron chi connectivity index (χ3n) is 3.97. The van der Waals surface area contributed by atoms with Crippen LogP contribution in [0.1, 0.15) is 48.8 Å². The van der Waals surface area contributed by atoms with Gasteiger partial charge in [0, 0.05) is 17.7 Å². The van der Waals surface area contributed by atoms with Gasteiger partial charge in [0.2, 0.25) is 0 Å². The van der Waals surface area contributed by atoms with Crippen LogP contribution >= 0.6 is 11.8 Å². The van der Waals surface area contributed by atoms with Crippen molar-refractivity contribution in [2.45, 2.75) is 44.4 Å². The molecule has 4 nitrogen and oxygen atoms in total.